The van der Waals surface area contributed by atoms with Gasteiger partial charge < -0.3 is 14.5 Å². The van der Waals surface area contributed by atoms with Crippen LogP contribution in [0.5, 0.6) is 0 Å². The molecule has 0 saturated heterocycles. The third-order valence-corrected chi connectivity index (χ3v) is 4.39. The summed E-state index contributed by atoms with van der Waals surface area (Å²) in [4.78, 5) is 25.8. The lowest BCUT2D eigenvalue weighted by molar-refractivity contribution is 0.0671. The fourth-order valence-corrected chi connectivity index (χ4v) is 3.18. The van der Waals surface area contributed by atoms with E-state index in [1.54, 1.807) is 22.6 Å². The molecule has 1 amide bonds. The van der Waals surface area contributed by atoms with Crippen LogP contribution >= 0.6 is 0 Å². The zero-order chi connectivity index (χ0) is 18.3. The number of hydrogen-bond acceptors (Lipinski definition) is 5. The summed E-state index contributed by atoms with van der Waals surface area (Å²) in [7, 11) is 0. The smallest absolute Gasteiger partial charge is 0.356 e. The Bertz CT molecular complexity index is 990. The zero-order valence-electron chi connectivity index (χ0n) is 14.0. The average Bonchev–Trinajstić information content (AvgIpc) is 3.25. The first kappa shape index (κ1) is 16.1. The number of rotatable bonds is 3. The van der Waals surface area contributed by atoms with E-state index in [0.29, 0.717) is 24.3 Å². The fourth-order valence-electron chi connectivity index (χ4n) is 3.18. The van der Waals surface area contributed by atoms with E-state index in [2.05, 4.69) is 10.3 Å². The number of carboxylic acids is 1. The molecule has 0 bridgehead atoms. The lowest BCUT2D eigenvalue weighted by Gasteiger charge is -2.27. The molecule has 26 heavy (non-hydrogen) atoms. The topological polar surface area (TPSA) is 101 Å². The van der Waals surface area contributed by atoms with Crippen LogP contribution in [0.3, 0.4) is 0 Å². The van der Waals surface area contributed by atoms with E-state index in [9.17, 15) is 14.7 Å². The molecule has 0 aliphatic carbocycles. The molecule has 0 atom stereocenters. The van der Waals surface area contributed by atoms with Crippen molar-refractivity contribution >= 4 is 11.9 Å². The van der Waals surface area contributed by atoms with Crippen molar-refractivity contribution in [1.29, 1.82) is 0 Å². The van der Waals surface area contributed by atoms with Crippen LogP contribution in [-0.2, 0) is 13.0 Å². The van der Waals surface area contributed by atoms with Crippen LogP contribution in [0.4, 0.5) is 0 Å². The molecule has 0 spiro atoms. The molecule has 0 saturated carbocycles. The number of aryl methyl sites for hydroxylation is 1. The minimum absolute atomic E-state index is 0.0299. The molecule has 8 heteroatoms. The van der Waals surface area contributed by atoms with Crippen molar-refractivity contribution in [2.75, 3.05) is 6.54 Å². The summed E-state index contributed by atoms with van der Waals surface area (Å²) >= 11 is 0. The third kappa shape index (κ3) is 2.65. The van der Waals surface area contributed by atoms with Gasteiger partial charge in [0.15, 0.2) is 11.4 Å². The monoisotopic (exact) mass is 352 g/mol. The summed E-state index contributed by atoms with van der Waals surface area (Å²) < 4.78 is 6.62. The van der Waals surface area contributed by atoms with Gasteiger partial charge in [-0.1, -0.05) is 23.4 Å². The van der Waals surface area contributed by atoms with E-state index in [-0.39, 0.29) is 23.8 Å². The molecule has 0 unspecified atom stereocenters. The van der Waals surface area contributed by atoms with Gasteiger partial charge in [0.25, 0.3) is 5.91 Å². The summed E-state index contributed by atoms with van der Waals surface area (Å²) in [6, 6.07) is 10.9. The second kappa shape index (κ2) is 6.14. The number of nitrogens with zero attached hydrogens (tertiary/aromatic N) is 4. The normalized spacial score (nSPS) is 13.5. The number of carbonyl (C=O) groups is 2. The Hall–Kier alpha value is -3.42. The first-order valence-electron chi connectivity index (χ1n) is 8.16. The molecule has 1 aromatic carbocycles. The molecule has 2 aromatic heterocycles. The number of aromatic nitrogens is 3. The maximum absolute atomic E-state index is 12.6. The summed E-state index contributed by atoms with van der Waals surface area (Å²) in [6.07, 6.45) is 0.507. The summed E-state index contributed by atoms with van der Waals surface area (Å²) in [5.74, 6) is -0.840. The van der Waals surface area contributed by atoms with Gasteiger partial charge in [0.1, 0.15) is 5.76 Å². The Labute approximate surface area is 148 Å². The number of hydrogen-bond donors (Lipinski definition) is 1. The standard InChI is InChI=1S/C18H16N4O4/c1-11-9-14(20-26-11)17(23)21-8-7-15-13(10-21)16(18(24)25)19-22(15)12-5-3-2-4-6-12/h2-6,9H,7-8,10H2,1H3,(H,24,25). The van der Waals surface area contributed by atoms with E-state index >= 15 is 0 Å². The summed E-state index contributed by atoms with van der Waals surface area (Å²) in [6.45, 7) is 2.34. The van der Waals surface area contributed by atoms with Gasteiger partial charge in [-0.05, 0) is 19.1 Å². The van der Waals surface area contributed by atoms with Gasteiger partial charge in [0.2, 0.25) is 0 Å². The molecule has 3 aromatic rings. The van der Waals surface area contributed by atoms with Gasteiger partial charge in [-0.3, -0.25) is 4.79 Å². The Morgan fingerprint density at radius 1 is 1.23 bits per heavy atom. The highest BCUT2D eigenvalue weighted by Gasteiger charge is 2.31. The Kier molecular flexibility index (Phi) is 3.80. The average molecular weight is 352 g/mol. The van der Waals surface area contributed by atoms with E-state index in [1.807, 2.05) is 30.3 Å². The number of carboxylic acid groups (broad SMARTS) is 1. The predicted molar refractivity (Wildman–Crippen MR) is 90.2 cm³/mol. The van der Waals surface area contributed by atoms with Crippen LogP contribution in [-0.4, -0.2) is 43.4 Å². The van der Waals surface area contributed by atoms with Crippen molar-refractivity contribution in [3.8, 4) is 5.69 Å². The molecule has 1 N–H and O–H groups in total. The van der Waals surface area contributed by atoms with Crippen LogP contribution in [0.25, 0.3) is 5.69 Å². The van der Waals surface area contributed by atoms with Crippen molar-refractivity contribution in [2.24, 2.45) is 0 Å². The Balaban J connectivity index is 1.71. The fraction of sp³-hybridized carbons (Fsp3) is 0.222. The van der Waals surface area contributed by atoms with Crippen molar-refractivity contribution in [2.45, 2.75) is 19.9 Å². The molecule has 1 aliphatic rings. The number of aromatic carboxylic acids is 1. The van der Waals surface area contributed by atoms with Gasteiger partial charge in [-0.2, -0.15) is 5.10 Å². The number of carbonyl (C=O) groups excluding carboxylic acids is 1. The Morgan fingerprint density at radius 3 is 2.65 bits per heavy atom. The zero-order valence-corrected chi connectivity index (χ0v) is 14.0. The minimum atomic E-state index is -1.11. The number of benzene rings is 1. The van der Waals surface area contributed by atoms with Gasteiger partial charge >= 0.3 is 5.97 Å². The van der Waals surface area contributed by atoms with E-state index in [0.717, 1.165) is 11.4 Å². The molecular formula is C18H16N4O4. The van der Waals surface area contributed by atoms with Crippen LogP contribution in [0.2, 0.25) is 0 Å². The molecule has 8 nitrogen and oxygen atoms in total. The van der Waals surface area contributed by atoms with Gasteiger partial charge in [-0.25, -0.2) is 9.48 Å². The molecular weight excluding hydrogens is 336 g/mol. The Morgan fingerprint density at radius 2 is 2.00 bits per heavy atom. The molecule has 132 valence electrons. The lowest BCUT2D eigenvalue weighted by Crippen LogP contribution is -2.36. The van der Waals surface area contributed by atoms with Gasteiger partial charge in [-0.15, -0.1) is 0 Å². The third-order valence-electron chi connectivity index (χ3n) is 4.39. The first-order chi connectivity index (χ1) is 12.5. The first-order valence-corrected chi connectivity index (χ1v) is 8.16. The molecule has 4 rings (SSSR count). The molecule has 0 fully saturated rings. The van der Waals surface area contributed by atoms with Crippen molar-refractivity contribution < 1.29 is 19.2 Å². The highest BCUT2D eigenvalue weighted by molar-refractivity contribution is 5.93. The summed E-state index contributed by atoms with van der Waals surface area (Å²) in [5.41, 5.74) is 2.36. The van der Waals surface area contributed by atoms with Crippen LogP contribution < -0.4 is 0 Å². The lowest BCUT2D eigenvalue weighted by atomic mass is 10.0. The molecule has 0 radical (unpaired) electrons. The largest absolute Gasteiger partial charge is 0.476 e. The quantitative estimate of drug-likeness (QED) is 0.774. The molecule has 3 heterocycles. The highest BCUT2D eigenvalue weighted by Crippen LogP contribution is 2.26. The minimum Gasteiger partial charge on any atom is -0.476 e. The predicted octanol–water partition coefficient (Wildman–Crippen LogP) is 2.07. The van der Waals surface area contributed by atoms with Gasteiger partial charge in [0, 0.05) is 24.6 Å². The number of para-hydroxylation sites is 1. The van der Waals surface area contributed by atoms with E-state index in [4.69, 9.17) is 4.52 Å². The SMILES string of the molecule is Cc1cc(C(=O)N2CCc3c(c(C(=O)O)nn3-c3ccccc3)C2)no1. The molecule has 1 aliphatic heterocycles. The van der Waals surface area contributed by atoms with E-state index < -0.39 is 5.97 Å². The second-order valence-corrected chi connectivity index (χ2v) is 6.13. The second-order valence-electron chi connectivity index (χ2n) is 6.13. The number of fused-ring (bicyclic) bond motifs is 1. The van der Waals surface area contributed by atoms with Crippen LogP contribution in [0, 0.1) is 6.92 Å². The number of amides is 1. The van der Waals surface area contributed by atoms with Crippen molar-refractivity contribution in [1.82, 2.24) is 19.8 Å². The van der Waals surface area contributed by atoms with Crippen LogP contribution in [0.15, 0.2) is 40.9 Å². The maximum Gasteiger partial charge on any atom is 0.356 e. The maximum atomic E-state index is 12.6. The van der Waals surface area contributed by atoms with Crippen molar-refractivity contribution in [3.05, 3.63) is 64.8 Å². The van der Waals surface area contributed by atoms with Gasteiger partial charge in [0.05, 0.1) is 17.9 Å². The highest BCUT2D eigenvalue weighted by atomic mass is 16.5. The summed E-state index contributed by atoms with van der Waals surface area (Å²) in [5, 5.41) is 17.6. The van der Waals surface area contributed by atoms with Crippen LogP contribution in [0.1, 0.15) is 38.0 Å². The van der Waals surface area contributed by atoms with Crippen molar-refractivity contribution in [3.63, 3.8) is 0 Å². The van der Waals surface area contributed by atoms with E-state index in [1.165, 1.54) is 0 Å².